The maximum Gasteiger partial charge on any atom is 0.235 e. The first-order valence-corrected chi connectivity index (χ1v) is 7.38. The van der Waals surface area contributed by atoms with E-state index in [1.165, 1.54) is 16.7 Å². The number of amides is 1. The molecule has 0 saturated carbocycles. The largest absolute Gasteiger partial charge is 0.368 e. The quantitative estimate of drug-likeness (QED) is 0.932. The Hall–Kier alpha value is -2.13. The second-order valence-electron chi connectivity index (χ2n) is 5.60. The third-order valence-corrected chi connectivity index (χ3v) is 4.20. The zero-order valence-corrected chi connectivity index (χ0v) is 12.0. The van der Waals surface area contributed by atoms with E-state index in [4.69, 9.17) is 5.73 Å². The summed E-state index contributed by atoms with van der Waals surface area (Å²) in [5.41, 5.74) is 9.45. The third-order valence-electron chi connectivity index (χ3n) is 4.20. The van der Waals surface area contributed by atoms with Gasteiger partial charge in [0.15, 0.2) is 0 Å². The Balaban J connectivity index is 1.75. The van der Waals surface area contributed by atoms with Crippen LogP contribution in [0, 0.1) is 0 Å². The molecule has 21 heavy (non-hydrogen) atoms. The average molecular weight is 280 g/mol. The van der Waals surface area contributed by atoms with Crippen molar-refractivity contribution >= 4 is 5.91 Å². The van der Waals surface area contributed by atoms with E-state index in [0.29, 0.717) is 0 Å². The first kappa shape index (κ1) is 13.8. The van der Waals surface area contributed by atoms with Crippen molar-refractivity contribution in [2.75, 3.05) is 6.54 Å². The summed E-state index contributed by atoms with van der Waals surface area (Å²) in [4.78, 5) is 14.0. The molecular formula is C18H20N2O. The molecule has 0 fully saturated rings. The predicted molar refractivity (Wildman–Crippen MR) is 83.7 cm³/mol. The molecule has 0 bridgehead atoms. The Bertz CT molecular complexity index is 624. The second-order valence-corrected chi connectivity index (χ2v) is 5.60. The van der Waals surface area contributed by atoms with E-state index < -0.39 is 0 Å². The van der Waals surface area contributed by atoms with Crippen LogP contribution in [0.15, 0.2) is 54.6 Å². The molecule has 0 spiro atoms. The van der Waals surface area contributed by atoms with Crippen molar-refractivity contribution in [3.63, 3.8) is 0 Å². The molecule has 1 aliphatic heterocycles. The Morgan fingerprint density at radius 1 is 1.05 bits per heavy atom. The van der Waals surface area contributed by atoms with Gasteiger partial charge in [-0.15, -0.1) is 0 Å². The van der Waals surface area contributed by atoms with Crippen LogP contribution in [0.25, 0.3) is 0 Å². The predicted octanol–water partition coefficient (Wildman–Crippen LogP) is 2.14. The molecule has 3 heteroatoms. The lowest BCUT2D eigenvalue weighted by Crippen LogP contribution is -2.49. The Morgan fingerprint density at radius 2 is 1.71 bits per heavy atom. The van der Waals surface area contributed by atoms with E-state index in [2.05, 4.69) is 35.2 Å². The molecule has 2 aromatic carbocycles. The number of carbonyl (C=O) groups is 1. The molecule has 3 rings (SSSR count). The smallest absolute Gasteiger partial charge is 0.235 e. The zero-order chi connectivity index (χ0) is 14.7. The summed E-state index contributed by atoms with van der Waals surface area (Å²) >= 11 is 0. The van der Waals surface area contributed by atoms with Gasteiger partial charge in [0.2, 0.25) is 5.91 Å². The number of hydrogen-bond acceptors (Lipinski definition) is 2. The molecular weight excluding hydrogens is 260 g/mol. The molecule has 3 nitrogen and oxygen atoms in total. The highest BCUT2D eigenvalue weighted by atomic mass is 16.1. The number of nitrogens with zero attached hydrogens (tertiary/aromatic N) is 1. The van der Waals surface area contributed by atoms with Gasteiger partial charge in [0, 0.05) is 13.1 Å². The van der Waals surface area contributed by atoms with Gasteiger partial charge in [0.05, 0.1) is 6.04 Å². The highest BCUT2D eigenvalue weighted by Gasteiger charge is 2.29. The number of primary amides is 1. The molecule has 1 aliphatic rings. The first-order valence-electron chi connectivity index (χ1n) is 7.38. The molecule has 2 N–H and O–H groups in total. The van der Waals surface area contributed by atoms with Crippen molar-refractivity contribution in [3.8, 4) is 0 Å². The van der Waals surface area contributed by atoms with Crippen molar-refractivity contribution in [3.05, 3.63) is 71.3 Å². The summed E-state index contributed by atoms with van der Waals surface area (Å²) in [7, 11) is 0. The van der Waals surface area contributed by atoms with Crippen LogP contribution in [0.1, 0.15) is 16.7 Å². The van der Waals surface area contributed by atoms with Gasteiger partial charge in [-0.25, -0.2) is 0 Å². The van der Waals surface area contributed by atoms with Gasteiger partial charge < -0.3 is 5.73 Å². The number of fused-ring (bicyclic) bond motifs is 1. The number of rotatable bonds is 4. The molecule has 1 amide bonds. The highest BCUT2D eigenvalue weighted by Crippen LogP contribution is 2.23. The number of hydrogen-bond donors (Lipinski definition) is 1. The van der Waals surface area contributed by atoms with Gasteiger partial charge in [-0.05, 0) is 29.5 Å². The van der Waals surface area contributed by atoms with Crippen molar-refractivity contribution in [2.45, 2.75) is 25.4 Å². The van der Waals surface area contributed by atoms with Crippen LogP contribution in [0.4, 0.5) is 0 Å². The van der Waals surface area contributed by atoms with Gasteiger partial charge in [-0.1, -0.05) is 54.6 Å². The second kappa shape index (κ2) is 6.10. The van der Waals surface area contributed by atoms with Gasteiger partial charge in [-0.3, -0.25) is 9.69 Å². The minimum atomic E-state index is -0.224. The maximum absolute atomic E-state index is 11.8. The lowest BCUT2D eigenvalue weighted by atomic mass is 9.93. The topological polar surface area (TPSA) is 46.3 Å². The monoisotopic (exact) mass is 280 g/mol. The summed E-state index contributed by atoms with van der Waals surface area (Å²) in [6.07, 6.45) is 1.66. The molecule has 1 unspecified atom stereocenters. The van der Waals surface area contributed by atoms with Crippen LogP contribution in [0.3, 0.4) is 0 Å². The fourth-order valence-electron chi connectivity index (χ4n) is 3.01. The van der Waals surface area contributed by atoms with Crippen LogP contribution in [0.5, 0.6) is 0 Å². The summed E-state index contributed by atoms with van der Waals surface area (Å²) in [5.74, 6) is -0.224. The number of benzene rings is 2. The first-order chi connectivity index (χ1) is 10.2. The molecule has 1 heterocycles. The van der Waals surface area contributed by atoms with E-state index >= 15 is 0 Å². The summed E-state index contributed by atoms with van der Waals surface area (Å²) < 4.78 is 0. The minimum absolute atomic E-state index is 0.191. The summed E-state index contributed by atoms with van der Waals surface area (Å²) in [6, 6.07) is 18.5. The van der Waals surface area contributed by atoms with E-state index in [-0.39, 0.29) is 11.9 Å². The standard InChI is InChI=1S/C18H20N2O/c19-18(21)17-12-15-8-4-5-9-16(15)13-20(17)11-10-14-6-2-1-3-7-14/h1-9,17H,10-13H2,(H2,19,21). The number of carbonyl (C=O) groups excluding carboxylic acids is 1. The zero-order valence-electron chi connectivity index (χ0n) is 12.0. The summed E-state index contributed by atoms with van der Waals surface area (Å²) in [6.45, 7) is 1.66. The molecule has 0 radical (unpaired) electrons. The molecule has 108 valence electrons. The Labute approximate surface area is 125 Å². The van der Waals surface area contributed by atoms with Crippen molar-refractivity contribution in [1.29, 1.82) is 0 Å². The van der Waals surface area contributed by atoms with Gasteiger partial charge in [0.25, 0.3) is 0 Å². The van der Waals surface area contributed by atoms with Crippen LogP contribution in [-0.4, -0.2) is 23.4 Å². The van der Waals surface area contributed by atoms with Crippen molar-refractivity contribution < 1.29 is 4.79 Å². The Morgan fingerprint density at radius 3 is 2.43 bits per heavy atom. The van der Waals surface area contributed by atoms with E-state index in [0.717, 1.165) is 25.9 Å². The van der Waals surface area contributed by atoms with E-state index in [1.54, 1.807) is 0 Å². The van der Waals surface area contributed by atoms with Crippen LogP contribution in [-0.2, 0) is 24.2 Å². The van der Waals surface area contributed by atoms with Crippen LogP contribution >= 0.6 is 0 Å². The molecule has 1 atom stereocenters. The van der Waals surface area contributed by atoms with Crippen molar-refractivity contribution in [2.24, 2.45) is 5.73 Å². The minimum Gasteiger partial charge on any atom is -0.368 e. The average Bonchev–Trinajstić information content (AvgIpc) is 2.53. The molecule has 2 aromatic rings. The molecule has 0 aromatic heterocycles. The Kier molecular flexibility index (Phi) is 4.02. The normalized spacial score (nSPS) is 18.2. The van der Waals surface area contributed by atoms with Gasteiger partial charge in [0.1, 0.15) is 0 Å². The van der Waals surface area contributed by atoms with E-state index in [9.17, 15) is 4.79 Å². The van der Waals surface area contributed by atoms with Gasteiger partial charge >= 0.3 is 0 Å². The van der Waals surface area contributed by atoms with Gasteiger partial charge in [-0.2, -0.15) is 0 Å². The van der Waals surface area contributed by atoms with Crippen LogP contribution in [0.2, 0.25) is 0 Å². The lowest BCUT2D eigenvalue weighted by molar-refractivity contribution is -0.123. The highest BCUT2D eigenvalue weighted by molar-refractivity contribution is 5.80. The molecule has 0 saturated heterocycles. The lowest BCUT2D eigenvalue weighted by Gasteiger charge is -2.35. The fourth-order valence-corrected chi connectivity index (χ4v) is 3.01. The van der Waals surface area contributed by atoms with Crippen LogP contribution < -0.4 is 5.73 Å². The summed E-state index contributed by atoms with van der Waals surface area (Å²) in [5, 5.41) is 0. The molecule has 0 aliphatic carbocycles. The number of nitrogens with two attached hydrogens (primary N) is 1. The van der Waals surface area contributed by atoms with Crippen molar-refractivity contribution in [1.82, 2.24) is 4.90 Å². The van der Waals surface area contributed by atoms with E-state index in [1.807, 2.05) is 24.3 Å². The maximum atomic E-state index is 11.8. The fraction of sp³-hybridized carbons (Fsp3) is 0.278. The third kappa shape index (κ3) is 3.14. The SMILES string of the molecule is NC(=O)C1Cc2ccccc2CN1CCc1ccccc1.